The number of hydrogen-bond donors (Lipinski definition) is 0. The molecule has 0 aliphatic heterocycles. The monoisotopic (exact) mass is 270 g/mol. The number of ether oxygens (including phenoxy) is 1. The van der Waals surface area contributed by atoms with E-state index in [-0.39, 0.29) is 27.7 Å². The first kappa shape index (κ1) is 9.21. The zero-order valence-electron chi connectivity index (χ0n) is 3.01. The van der Waals surface area contributed by atoms with Gasteiger partial charge in [-0.05, 0) is 0 Å². The van der Waals surface area contributed by atoms with Crippen molar-refractivity contribution in [3.63, 3.8) is 0 Å². The molecule has 0 fully saturated rings. The molecule has 0 aromatic rings. The van der Waals surface area contributed by atoms with Gasteiger partial charge in [0.2, 0.25) is 0 Å². The summed E-state index contributed by atoms with van der Waals surface area (Å²) in [6.07, 6.45) is 2.31. The Morgan fingerprint density at radius 3 is 1.50 bits per heavy atom. The van der Waals surface area contributed by atoms with Crippen LogP contribution in [-0.4, -0.2) is 0 Å². The van der Waals surface area contributed by atoms with Crippen LogP contribution in [0.4, 0.5) is 0 Å². The minimum absolute atomic E-state index is 0. The molecule has 0 aromatic heterocycles. The average Bonchev–Trinajstić information content (AvgIpc) is 1.41. The molecule has 6 heavy (non-hydrogen) atoms. The van der Waals surface area contributed by atoms with E-state index in [1.807, 2.05) is 0 Å². The Morgan fingerprint density at radius 2 is 1.50 bits per heavy atom. The van der Waals surface area contributed by atoms with Gasteiger partial charge in [-0.1, -0.05) is 0 Å². The van der Waals surface area contributed by atoms with Crippen molar-refractivity contribution in [1.82, 2.24) is 0 Å². The third kappa shape index (κ3) is 9.31. The topological polar surface area (TPSA) is 56.8 Å². The Balaban J connectivity index is 0. The van der Waals surface area contributed by atoms with Crippen molar-refractivity contribution < 1.29 is 32.4 Å². The van der Waals surface area contributed by atoms with Crippen molar-refractivity contribution in [3.8, 4) is 12.5 Å². The second-order valence-corrected chi connectivity index (χ2v) is 0.285. The number of hydrogen-bond acceptors (Lipinski definition) is 3. The Kier molecular flexibility index (Phi) is 13.5. The van der Waals surface area contributed by atoms with E-state index in [2.05, 4.69) is 4.74 Å². The summed E-state index contributed by atoms with van der Waals surface area (Å²) < 4.78 is 3.44. The molecule has 0 bridgehead atoms. The normalized spacial score (nSPS) is 3.00. The van der Waals surface area contributed by atoms with Gasteiger partial charge >= 0.3 is 12.5 Å². The van der Waals surface area contributed by atoms with E-state index < -0.39 is 0 Å². The Morgan fingerprint density at radius 1 is 1.17 bits per heavy atom. The molecule has 0 unspecified atom stereocenters. The maximum Gasteiger partial charge on any atom is 0.303 e. The van der Waals surface area contributed by atoms with Crippen LogP contribution in [0.25, 0.3) is 0 Å². The van der Waals surface area contributed by atoms with Crippen LogP contribution in [0.15, 0.2) is 0 Å². The predicted molar refractivity (Wildman–Crippen MR) is 12.3 cm³/mol. The summed E-state index contributed by atoms with van der Waals surface area (Å²) >= 11 is 0. The summed E-state index contributed by atoms with van der Waals surface area (Å²) in [5.41, 5.74) is 0. The quantitative estimate of drug-likeness (QED) is 0.458. The molecule has 26 valence electrons. The van der Waals surface area contributed by atoms with E-state index in [4.69, 9.17) is 10.5 Å². The molecule has 3 nitrogen and oxygen atoms in total. The minimum Gasteiger partial charge on any atom is -0.308 e. The van der Waals surface area contributed by atoms with Gasteiger partial charge in [0.05, 0.1) is 0 Å². The van der Waals surface area contributed by atoms with Crippen molar-refractivity contribution in [1.29, 1.82) is 10.5 Å². The number of nitriles is 2. The van der Waals surface area contributed by atoms with E-state index in [9.17, 15) is 0 Å². The molecule has 0 radical (unpaired) electrons. The second-order valence-electron chi connectivity index (χ2n) is 0.285. The third-order valence-corrected chi connectivity index (χ3v) is 0.0913. The molecular formula is C2HgN2O. The maximum absolute atomic E-state index is 7.37. The van der Waals surface area contributed by atoms with Crippen LogP contribution in [0.1, 0.15) is 0 Å². The number of rotatable bonds is 0. The summed E-state index contributed by atoms with van der Waals surface area (Å²) in [5, 5.41) is 14.7. The van der Waals surface area contributed by atoms with Crippen LogP contribution in [0.5, 0.6) is 0 Å². The summed E-state index contributed by atoms with van der Waals surface area (Å²) in [4.78, 5) is 0. The molecule has 0 atom stereocenters. The fraction of sp³-hybridized carbons (Fsp3) is 0. The zero-order valence-corrected chi connectivity index (χ0v) is 8.51. The van der Waals surface area contributed by atoms with Gasteiger partial charge in [0, 0.05) is 27.7 Å². The van der Waals surface area contributed by atoms with Crippen molar-refractivity contribution in [2.75, 3.05) is 0 Å². The maximum atomic E-state index is 7.37. The molecule has 0 aliphatic carbocycles. The first-order valence-electron chi connectivity index (χ1n) is 0.855. The Bertz CT molecular complexity index is 76.7. The molecule has 0 aromatic carbocycles. The summed E-state index contributed by atoms with van der Waals surface area (Å²) in [6.45, 7) is 0. The van der Waals surface area contributed by atoms with E-state index in [1.165, 1.54) is 0 Å². The van der Waals surface area contributed by atoms with Crippen LogP contribution in [-0.2, 0) is 32.4 Å². The van der Waals surface area contributed by atoms with Gasteiger partial charge in [-0.15, -0.1) is 10.5 Å². The standard InChI is InChI=1S/C2N2O.Hg/c3-1-5-2-4;. The first-order chi connectivity index (χ1) is 2.41. The SMILES string of the molecule is N#COC#N.[Hg]. The van der Waals surface area contributed by atoms with E-state index in [0.717, 1.165) is 12.5 Å². The van der Waals surface area contributed by atoms with Crippen molar-refractivity contribution >= 4 is 0 Å². The molecule has 0 amide bonds. The molecule has 0 N–H and O–H groups in total. The summed E-state index contributed by atoms with van der Waals surface area (Å²) in [7, 11) is 0. The van der Waals surface area contributed by atoms with Gasteiger partial charge in [0.1, 0.15) is 0 Å². The van der Waals surface area contributed by atoms with Crippen LogP contribution in [0.2, 0.25) is 0 Å². The third-order valence-electron chi connectivity index (χ3n) is 0.0913. The fourth-order valence-electron chi connectivity index (χ4n) is 0.0204. The van der Waals surface area contributed by atoms with Gasteiger partial charge in [-0.25, -0.2) is 0 Å². The first-order valence-corrected chi connectivity index (χ1v) is 0.855. The largest absolute Gasteiger partial charge is 0.308 e. The second kappa shape index (κ2) is 8.83. The fourth-order valence-corrected chi connectivity index (χ4v) is 0.0204. The summed E-state index contributed by atoms with van der Waals surface area (Å²) in [6, 6.07) is 0. The Labute approximate surface area is 55.6 Å². The molecule has 0 heterocycles. The molecular weight excluding hydrogens is 269 g/mol. The van der Waals surface area contributed by atoms with Gasteiger partial charge in [-0.3, -0.25) is 0 Å². The van der Waals surface area contributed by atoms with Gasteiger partial charge in [-0.2, -0.15) is 0 Å². The number of nitrogens with zero attached hydrogens (tertiary/aromatic N) is 2. The van der Waals surface area contributed by atoms with E-state index in [1.54, 1.807) is 0 Å². The molecule has 0 saturated heterocycles. The zero-order chi connectivity index (χ0) is 4.12. The van der Waals surface area contributed by atoms with Crippen molar-refractivity contribution in [2.24, 2.45) is 0 Å². The van der Waals surface area contributed by atoms with Crippen molar-refractivity contribution in [2.45, 2.75) is 0 Å². The molecule has 0 aliphatic rings. The smallest absolute Gasteiger partial charge is 0.303 e. The van der Waals surface area contributed by atoms with Crippen LogP contribution < -0.4 is 0 Å². The van der Waals surface area contributed by atoms with E-state index in [0.29, 0.717) is 0 Å². The van der Waals surface area contributed by atoms with Crippen LogP contribution in [0.3, 0.4) is 0 Å². The van der Waals surface area contributed by atoms with Crippen LogP contribution >= 0.6 is 0 Å². The summed E-state index contributed by atoms with van der Waals surface area (Å²) in [5.74, 6) is 0. The van der Waals surface area contributed by atoms with Gasteiger partial charge < -0.3 is 4.74 Å². The minimum atomic E-state index is 0. The van der Waals surface area contributed by atoms with Gasteiger partial charge in [0.25, 0.3) is 0 Å². The average molecular weight is 269 g/mol. The Hall–Kier alpha value is -0.285. The predicted octanol–water partition coefficient (Wildman–Crippen LogP) is -0.0373. The van der Waals surface area contributed by atoms with E-state index >= 15 is 0 Å². The molecule has 4 heteroatoms. The molecule has 0 spiro atoms. The molecule has 0 rings (SSSR count). The van der Waals surface area contributed by atoms with Gasteiger partial charge in [0.15, 0.2) is 0 Å². The molecule has 0 saturated carbocycles. The van der Waals surface area contributed by atoms with Crippen LogP contribution in [0, 0.1) is 23.0 Å². The van der Waals surface area contributed by atoms with Crippen molar-refractivity contribution in [3.05, 3.63) is 0 Å².